The quantitative estimate of drug-likeness (QED) is 0.161. The van der Waals surface area contributed by atoms with E-state index in [4.69, 9.17) is 20.8 Å². The van der Waals surface area contributed by atoms with E-state index in [1.54, 1.807) is 32.1 Å². The van der Waals surface area contributed by atoms with Gasteiger partial charge in [-0.3, -0.25) is 19.5 Å². The number of nitrogens with zero attached hydrogens (tertiary/aromatic N) is 3. The predicted molar refractivity (Wildman–Crippen MR) is 150 cm³/mol. The maximum absolute atomic E-state index is 13.7. The van der Waals surface area contributed by atoms with Crippen LogP contribution in [0.1, 0.15) is 31.2 Å². The molecule has 1 aliphatic heterocycles. The van der Waals surface area contributed by atoms with Crippen LogP contribution in [0.5, 0.6) is 0 Å². The molecule has 9 nitrogen and oxygen atoms in total. The number of nitro groups is 1. The molecule has 0 radical (unpaired) electrons. The number of rotatable bonds is 6. The molecule has 2 aromatic carbocycles. The molecule has 5 rings (SSSR count). The monoisotopic (exact) mass is 627 g/mol. The summed E-state index contributed by atoms with van der Waals surface area (Å²) in [6.07, 6.45) is 1.76. The molecule has 0 bridgehead atoms. The molecule has 198 valence electrons. The van der Waals surface area contributed by atoms with Gasteiger partial charge in [0.05, 0.1) is 32.4 Å². The van der Waals surface area contributed by atoms with Gasteiger partial charge in [0, 0.05) is 22.2 Å². The van der Waals surface area contributed by atoms with Crippen molar-refractivity contribution in [2.24, 2.45) is 4.99 Å². The highest BCUT2D eigenvalue weighted by Gasteiger charge is 2.35. The standard InChI is InChI=1S/C27H19BrClN3O6S/c1-3-37-26(34)23-14(2)30-27-31(25(33)22(39-27)12-15-4-6-16(28)7-5-15)24(23)21-11-10-20(38-21)18-13-17(32(35)36)8-9-19(18)29/h4-13,24H,3H2,1-2H3/b22-12-/t24-/m1/s1. The molecule has 0 saturated heterocycles. The predicted octanol–water partition coefficient (Wildman–Crippen LogP) is 5.38. The van der Waals surface area contributed by atoms with Crippen LogP contribution in [0, 0.1) is 10.1 Å². The minimum atomic E-state index is -0.974. The first-order valence-corrected chi connectivity index (χ1v) is 13.7. The summed E-state index contributed by atoms with van der Waals surface area (Å²) < 4.78 is 14.2. The third-order valence-corrected chi connectivity index (χ3v) is 7.85. The van der Waals surface area contributed by atoms with E-state index in [0.29, 0.717) is 20.6 Å². The van der Waals surface area contributed by atoms with Gasteiger partial charge >= 0.3 is 5.97 Å². The lowest BCUT2D eigenvalue weighted by Gasteiger charge is -2.22. The van der Waals surface area contributed by atoms with Crippen molar-refractivity contribution in [1.82, 2.24) is 4.57 Å². The number of hydrogen-bond donors (Lipinski definition) is 0. The van der Waals surface area contributed by atoms with Crippen LogP contribution in [0.3, 0.4) is 0 Å². The van der Waals surface area contributed by atoms with Crippen LogP contribution < -0.4 is 14.9 Å². The first-order valence-electron chi connectivity index (χ1n) is 11.7. The van der Waals surface area contributed by atoms with Gasteiger partial charge in [0.25, 0.3) is 11.2 Å². The van der Waals surface area contributed by atoms with Crippen LogP contribution in [-0.4, -0.2) is 22.1 Å². The second-order valence-electron chi connectivity index (χ2n) is 8.48. The van der Waals surface area contributed by atoms with Gasteiger partial charge in [-0.05, 0) is 55.8 Å². The zero-order valence-electron chi connectivity index (χ0n) is 20.5. The van der Waals surface area contributed by atoms with Crippen molar-refractivity contribution >= 4 is 56.6 Å². The minimum Gasteiger partial charge on any atom is -0.463 e. The number of nitro benzene ring substituents is 1. The number of hydrogen-bond acceptors (Lipinski definition) is 8. The van der Waals surface area contributed by atoms with E-state index in [2.05, 4.69) is 20.9 Å². The molecule has 12 heteroatoms. The SMILES string of the molecule is CCOC(=O)C1=C(C)N=c2s/c(=C\c3ccc(Br)cc3)c(=O)n2[C@@H]1c1ccc(-c2cc([N+](=O)[O-])ccc2Cl)o1. The van der Waals surface area contributed by atoms with Crippen molar-refractivity contribution in [3.63, 3.8) is 0 Å². The van der Waals surface area contributed by atoms with Crippen LogP contribution >= 0.6 is 38.9 Å². The second kappa shape index (κ2) is 10.8. The highest BCUT2D eigenvalue weighted by atomic mass is 79.9. The van der Waals surface area contributed by atoms with Crippen LogP contribution in [0.15, 0.2) is 84.5 Å². The molecular weight excluding hydrogens is 610 g/mol. The highest BCUT2D eigenvalue weighted by Crippen LogP contribution is 2.37. The van der Waals surface area contributed by atoms with E-state index in [1.165, 1.54) is 34.1 Å². The van der Waals surface area contributed by atoms with E-state index >= 15 is 0 Å². The topological polar surface area (TPSA) is 117 Å². The molecule has 0 saturated carbocycles. The van der Waals surface area contributed by atoms with Gasteiger partial charge in [0.2, 0.25) is 0 Å². The molecule has 0 aliphatic carbocycles. The van der Waals surface area contributed by atoms with Crippen molar-refractivity contribution in [3.05, 3.63) is 116 Å². The van der Waals surface area contributed by atoms with Crippen molar-refractivity contribution in [2.45, 2.75) is 19.9 Å². The van der Waals surface area contributed by atoms with Gasteiger partial charge < -0.3 is 9.15 Å². The van der Waals surface area contributed by atoms with E-state index in [0.717, 1.165) is 10.0 Å². The number of thiazole rings is 1. The Bertz CT molecular complexity index is 1840. The number of esters is 1. The molecule has 4 aromatic rings. The highest BCUT2D eigenvalue weighted by molar-refractivity contribution is 9.10. The number of furan rings is 1. The lowest BCUT2D eigenvalue weighted by atomic mass is 10.0. The zero-order valence-corrected chi connectivity index (χ0v) is 23.7. The summed E-state index contributed by atoms with van der Waals surface area (Å²) in [5.41, 5.74) is 1.16. The third kappa shape index (κ3) is 5.12. The zero-order chi connectivity index (χ0) is 27.8. The normalized spacial score (nSPS) is 15.2. The van der Waals surface area contributed by atoms with Gasteiger partial charge in [0.1, 0.15) is 17.6 Å². The number of fused-ring (bicyclic) bond motifs is 1. The van der Waals surface area contributed by atoms with Crippen LogP contribution in [-0.2, 0) is 9.53 Å². The number of halogens is 2. The molecule has 0 spiro atoms. The largest absolute Gasteiger partial charge is 0.463 e. The molecule has 0 unspecified atom stereocenters. The molecule has 0 amide bonds. The van der Waals surface area contributed by atoms with Gasteiger partial charge in [-0.2, -0.15) is 0 Å². The van der Waals surface area contributed by atoms with E-state index < -0.39 is 16.9 Å². The van der Waals surface area contributed by atoms with Crippen molar-refractivity contribution < 1.29 is 18.9 Å². The summed E-state index contributed by atoms with van der Waals surface area (Å²) in [5, 5.41) is 11.6. The Morgan fingerprint density at radius 2 is 2.00 bits per heavy atom. The summed E-state index contributed by atoms with van der Waals surface area (Å²) in [7, 11) is 0. The third-order valence-electron chi connectivity index (χ3n) is 6.01. The molecule has 0 N–H and O–H groups in total. The molecule has 3 heterocycles. The van der Waals surface area contributed by atoms with Gasteiger partial charge in [-0.15, -0.1) is 0 Å². The van der Waals surface area contributed by atoms with E-state index in [-0.39, 0.29) is 40.0 Å². The lowest BCUT2D eigenvalue weighted by Crippen LogP contribution is -2.39. The Labute approximate surface area is 238 Å². The van der Waals surface area contributed by atoms with Gasteiger partial charge in [-0.1, -0.05) is 51.0 Å². The molecular formula is C27H19BrClN3O6S. The second-order valence-corrected chi connectivity index (χ2v) is 10.8. The summed E-state index contributed by atoms with van der Waals surface area (Å²) in [6.45, 7) is 3.49. The van der Waals surface area contributed by atoms with E-state index in [1.807, 2.05) is 24.3 Å². The summed E-state index contributed by atoms with van der Waals surface area (Å²) >= 11 is 10.9. The number of non-ortho nitro benzene ring substituents is 1. The molecule has 0 fully saturated rings. The number of carbonyl (C=O) groups excluding carboxylic acids is 1. The Balaban J connectivity index is 1.69. The Morgan fingerprint density at radius 3 is 2.69 bits per heavy atom. The fourth-order valence-corrected chi connectivity index (χ4v) is 5.75. The van der Waals surface area contributed by atoms with Gasteiger partial charge in [-0.25, -0.2) is 9.79 Å². The summed E-state index contributed by atoms with van der Waals surface area (Å²) in [4.78, 5) is 42.5. The van der Waals surface area contributed by atoms with Crippen molar-refractivity contribution in [1.29, 1.82) is 0 Å². The van der Waals surface area contributed by atoms with E-state index in [9.17, 15) is 19.7 Å². The number of aromatic nitrogens is 1. The molecule has 39 heavy (non-hydrogen) atoms. The summed E-state index contributed by atoms with van der Waals surface area (Å²) in [6, 6.07) is 13.7. The smallest absolute Gasteiger partial charge is 0.338 e. The average molecular weight is 629 g/mol. The summed E-state index contributed by atoms with van der Waals surface area (Å²) in [5.74, 6) is -0.132. The number of carbonyl (C=O) groups is 1. The maximum atomic E-state index is 13.7. The first-order chi connectivity index (χ1) is 18.7. The first kappa shape index (κ1) is 26.8. The van der Waals surface area contributed by atoms with Crippen LogP contribution in [0.2, 0.25) is 5.02 Å². The Kier molecular flexibility index (Phi) is 7.39. The fraction of sp³-hybridized carbons (Fsp3) is 0.148. The maximum Gasteiger partial charge on any atom is 0.338 e. The van der Waals surface area contributed by atoms with Crippen molar-refractivity contribution in [2.75, 3.05) is 6.61 Å². The number of benzene rings is 2. The minimum absolute atomic E-state index is 0.128. The Morgan fingerprint density at radius 1 is 1.26 bits per heavy atom. The average Bonchev–Trinajstić information content (AvgIpc) is 3.50. The number of allylic oxidation sites excluding steroid dienone is 1. The lowest BCUT2D eigenvalue weighted by molar-refractivity contribution is -0.384. The fourth-order valence-electron chi connectivity index (χ4n) is 4.23. The van der Waals surface area contributed by atoms with Crippen LogP contribution in [0.25, 0.3) is 17.4 Å². The van der Waals surface area contributed by atoms with Crippen LogP contribution in [0.4, 0.5) is 5.69 Å². The molecule has 2 aromatic heterocycles. The van der Waals surface area contributed by atoms with Gasteiger partial charge in [0.15, 0.2) is 4.80 Å². The molecule has 1 atom stereocenters. The van der Waals surface area contributed by atoms with Crippen molar-refractivity contribution in [3.8, 4) is 11.3 Å². The molecule has 1 aliphatic rings. The number of ether oxygens (including phenoxy) is 1. The Hall–Kier alpha value is -3.80.